The summed E-state index contributed by atoms with van der Waals surface area (Å²) in [7, 11) is 0. The Labute approximate surface area is 119 Å². The SMILES string of the molecule is CCOC(=O)C(C)CNC(=O)[C@@H](N)Cc1ccccc1. The molecule has 1 rings (SSSR count). The third-order valence-corrected chi connectivity index (χ3v) is 2.91. The number of esters is 1. The minimum absolute atomic E-state index is 0.236. The largest absolute Gasteiger partial charge is 0.466 e. The fourth-order valence-corrected chi connectivity index (χ4v) is 1.71. The average molecular weight is 278 g/mol. The Balaban J connectivity index is 2.37. The number of ether oxygens (including phenoxy) is 1. The molecule has 0 fully saturated rings. The summed E-state index contributed by atoms with van der Waals surface area (Å²) >= 11 is 0. The van der Waals surface area contributed by atoms with E-state index in [4.69, 9.17) is 10.5 Å². The van der Waals surface area contributed by atoms with Crippen molar-refractivity contribution in [2.45, 2.75) is 26.3 Å². The molecular weight excluding hydrogens is 256 g/mol. The van der Waals surface area contributed by atoms with E-state index in [-0.39, 0.29) is 24.3 Å². The van der Waals surface area contributed by atoms with Gasteiger partial charge in [0.25, 0.3) is 0 Å². The van der Waals surface area contributed by atoms with E-state index in [9.17, 15) is 9.59 Å². The number of hydrogen-bond acceptors (Lipinski definition) is 4. The summed E-state index contributed by atoms with van der Waals surface area (Å²) in [6, 6.07) is 8.96. The Hall–Kier alpha value is -1.88. The molecular formula is C15H22N2O3. The van der Waals surface area contributed by atoms with E-state index in [0.29, 0.717) is 13.0 Å². The van der Waals surface area contributed by atoms with Gasteiger partial charge in [-0.1, -0.05) is 37.3 Å². The van der Waals surface area contributed by atoms with Crippen LogP contribution >= 0.6 is 0 Å². The fraction of sp³-hybridized carbons (Fsp3) is 0.467. The first-order valence-corrected chi connectivity index (χ1v) is 6.78. The first-order valence-electron chi connectivity index (χ1n) is 6.78. The van der Waals surface area contributed by atoms with Gasteiger partial charge in [-0.25, -0.2) is 0 Å². The average Bonchev–Trinajstić information content (AvgIpc) is 2.45. The predicted molar refractivity (Wildman–Crippen MR) is 76.9 cm³/mol. The van der Waals surface area contributed by atoms with Crippen LogP contribution in [0.4, 0.5) is 0 Å². The van der Waals surface area contributed by atoms with Crippen LogP contribution in [0.5, 0.6) is 0 Å². The van der Waals surface area contributed by atoms with E-state index >= 15 is 0 Å². The van der Waals surface area contributed by atoms with E-state index < -0.39 is 6.04 Å². The lowest BCUT2D eigenvalue weighted by molar-refractivity contribution is -0.147. The molecule has 5 nitrogen and oxygen atoms in total. The highest BCUT2D eigenvalue weighted by molar-refractivity contribution is 5.82. The summed E-state index contributed by atoms with van der Waals surface area (Å²) in [4.78, 5) is 23.3. The van der Waals surface area contributed by atoms with E-state index in [1.807, 2.05) is 30.3 Å². The zero-order valence-corrected chi connectivity index (χ0v) is 12.0. The molecule has 0 saturated heterocycles. The lowest BCUT2D eigenvalue weighted by Gasteiger charge is -2.15. The highest BCUT2D eigenvalue weighted by atomic mass is 16.5. The van der Waals surface area contributed by atoms with Gasteiger partial charge in [0, 0.05) is 6.54 Å². The van der Waals surface area contributed by atoms with E-state index in [0.717, 1.165) is 5.56 Å². The Morgan fingerprint density at radius 3 is 2.55 bits per heavy atom. The minimum Gasteiger partial charge on any atom is -0.466 e. The number of nitrogens with two attached hydrogens (primary N) is 1. The lowest BCUT2D eigenvalue weighted by Crippen LogP contribution is -2.44. The van der Waals surface area contributed by atoms with Crippen LogP contribution < -0.4 is 11.1 Å². The molecule has 0 saturated carbocycles. The molecule has 0 aliphatic carbocycles. The molecule has 0 aliphatic rings. The summed E-state index contributed by atoms with van der Waals surface area (Å²) in [5, 5.41) is 2.68. The van der Waals surface area contributed by atoms with Gasteiger partial charge < -0.3 is 15.8 Å². The molecule has 1 aromatic rings. The minimum atomic E-state index is -0.619. The predicted octanol–water partition coefficient (Wildman–Crippen LogP) is 0.872. The number of carbonyl (C=O) groups is 2. The molecule has 5 heteroatoms. The van der Waals surface area contributed by atoms with Gasteiger partial charge in [-0.3, -0.25) is 9.59 Å². The molecule has 1 aromatic carbocycles. The standard InChI is InChI=1S/C15H22N2O3/c1-3-20-15(19)11(2)10-17-14(18)13(16)9-12-7-5-4-6-8-12/h4-8,11,13H,3,9-10,16H2,1-2H3,(H,17,18)/t11?,13-/m0/s1. The fourth-order valence-electron chi connectivity index (χ4n) is 1.71. The van der Waals surface area contributed by atoms with Crippen LogP contribution in [0.2, 0.25) is 0 Å². The van der Waals surface area contributed by atoms with Crippen LogP contribution in [-0.2, 0) is 20.7 Å². The van der Waals surface area contributed by atoms with Crippen molar-refractivity contribution in [1.29, 1.82) is 0 Å². The third-order valence-electron chi connectivity index (χ3n) is 2.91. The number of amides is 1. The maximum Gasteiger partial charge on any atom is 0.310 e. The number of hydrogen-bond donors (Lipinski definition) is 2. The van der Waals surface area contributed by atoms with Crippen LogP contribution in [0.25, 0.3) is 0 Å². The van der Waals surface area contributed by atoms with Crippen LogP contribution in [0.3, 0.4) is 0 Å². The molecule has 20 heavy (non-hydrogen) atoms. The zero-order valence-electron chi connectivity index (χ0n) is 12.0. The Bertz CT molecular complexity index is 434. The van der Waals surface area contributed by atoms with Gasteiger partial charge in [0.1, 0.15) is 0 Å². The van der Waals surface area contributed by atoms with Crippen molar-refractivity contribution in [3.63, 3.8) is 0 Å². The van der Waals surface area contributed by atoms with Gasteiger partial charge in [0.2, 0.25) is 5.91 Å². The number of carbonyl (C=O) groups excluding carboxylic acids is 2. The molecule has 1 unspecified atom stereocenters. The van der Waals surface area contributed by atoms with Crippen LogP contribution in [0, 0.1) is 5.92 Å². The second kappa shape index (κ2) is 8.32. The normalized spacial score (nSPS) is 13.3. The first-order chi connectivity index (χ1) is 9.54. The molecule has 0 aliphatic heterocycles. The number of benzene rings is 1. The van der Waals surface area contributed by atoms with Gasteiger partial charge in [0.05, 0.1) is 18.6 Å². The topological polar surface area (TPSA) is 81.4 Å². The molecule has 0 bridgehead atoms. The third kappa shape index (κ3) is 5.40. The molecule has 0 radical (unpaired) electrons. The number of rotatable bonds is 7. The van der Waals surface area contributed by atoms with Crippen molar-refractivity contribution in [1.82, 2.24) is 5.32 Å². The summed E-state index contributed by atoms with van der Waals surface area (Å²) < 4.78 is 4.87. The molecule has 0 heterocycles. The van der Waals surface area contributed by atoms with Crippen molar-refractivity contribution in [2.24, 2.45) is 11.7 Å². The monoisotopic (exact) mass is 278 g/mol. The zero-order chi connectivity index (χ0) is 15.0. The highest BCUT2D eigenvalue weighted by Gasteiger charge is 2.18. The molecule has 110 valence electrons. The summed E-state index contributed by atoms with van der Waals surface area (Å²) in [5.41, 5.74) is 6.85. The van der Waals surface area contributed by atoms with E-state index in [1.165, 1.54) is 0 Å². The second-order valence-electron chi connectivity index (χ2n) is 4.69. The summed E-state index contributed by atoms with van der Waals surface area (Å²) in [6.07, 6.45) is 0.473. The van der Waals surface area contributed by atoms with Gasteiger partial charge in [-0.05, 0) is 18.9 Å². The maximum atomic E-state index is 11.8. The smallest absolute Gasteiger partial charge is 0.310 e. The molecule has 0 aromatic heterocycles. The van der Waals surface area contributed by atoms with Crippen LogP contribution in [0.15, 0.2) is 30.3 Å². The first kappa shape index (κ1) is 16.2. The molecule has 1 amide bonds. The van der Waals surface area contributed by atoms with Crippen LogP contribution in [-0.4, -0.2) is 31.1 Å². The quantitative estimate of drug-likeness (QED) is 0.725. The molecule has 3 N–H and O–H groups in total. The van der Waals surface area contributed by atoms with E-state index in [1.54, 1.807) is 13.8 Å². The molecule has 0 spiro atoms. The molecule has 2 atom stereocenters. The number of nitrogens with one attached hydrogen (secondary N) is 1. The van der Waals surface area contributed by atoms with Gasteiger partial charge in [-0.2, -0.15) is 0 Å². The second-order valence-corrected chi connectivity index (χ2v) is 4.69. The van der Waals surface area contributed by atoms with Gasteiger partial charge in [0.15, 0.2) is 0 Å². The van der Waals surface area contributed by atoms with Crippen molar-refractivity contribution < 1.29 is 14.3 Å². The van der Waals surface area contributed by atoms with Crippen molar-refractivity contribution in [3.8, 4) is 0 Å². The Morgan fingerprint density at radius 2 is 1.95 bits per heavy atom. The van der Waals surface area contributed by atoms with Gasteiger partial charge in [-0.15, -0.1) is 0 Å². The Kier molecular flexibility index (Phi) is 6.73. The van der Waals surface area contributed by atoms with Crippen molar-refractivity contribution >= 4 is 11.9 Å². The lowest BCUT2D eigenvalue weighted by atomic mass is 10.1. The van der Waals surface area contributed by atoms with Crippen LogP contribution in [0.1, 0.15) is 19.4 Å². The highest BCUT2D eigenvalue weighted by Crippen LogP contribution is 2.02. The van der Waals surface area contributed by atoms with Gasteiger partial charge >= 0.3 is 5.97 Å². The Morgan fingerprint density at radius 1 is 1.30 bits per heavy atom. The summed E-state index contributed by atoms with van der Waals surface area (Å²) in [5.74, 6) is -0.947. The van der Waals surface area contributed by atoms with E-state index in [2.05, 4.69) is 5.32 Å². The maximum absolute atomic E-state index is 11.8. The summed E-state index contributed by atoms with van der Waals surface area (Å²) in [6.45, 7) is 4.03. The van der Waals surface area contributed by atoms with Crippen molar-refractivity contribution in [2.75, 3.05) is 13.2 Å². The van der Waals surface area contributed by atoms with Crippen molar-refractivity contribution in [3.05, 3.63) is 35.9 Å².